The summed E-state index contributed by atoms with van der Waals surface area (Å²) < 4.78 is 40.6. The van der Waals surface area contributed by atoms with Crippen molar-refractivity contribution in [3.63, 3.8) is 0 Å². The number of hydrogen-bond acceptors (Lipinski definition) is 3. The summed E-state index contributed by atoms with van der Waals surface area (Å²) in [4.78, 5) is 12.7. The van der Waals surface area contributed by atoms with Crippen LogP contribution >= 0.6 is 0 Å². The lowest BCUT2D eigenvalue weighted by Crippen LogP contribution is -2.42. The van der Waals surface area contributed by atoms with E-state index in [0.717, 1.165) is 19.3 Å². The first-order chi connectivity index (χ1) is 12.8. The molecule has 2 aromatic rings. The highest BCUT2D eigenvalue weighted by Crippen LogP contribution is 2.26. The van der Waals surface area contributed by atoms with Crippen LogP contribution in [0, 0.1) is 12.7 Å². The second-order valence-corrected chi connectivity index (χ2v) is 8.79. The quantitative estimate of drug-likeness (QED) is 0.860. The molecule has 3 rings (SSSR count). The van der Waals surface area contributed by atoms with Gasteiger partial charge in [0.05, 0.1) is 4.90 Å². The number of carbonyl (C=O) groups excluding carboxylic acids is 1. The summed E-state index contributed by atoms with van der Waals surface area (Å²) in [5.41, 5.74) is 1.39. The summed E-state index contributed by atoms with van der Waals surface area (Å²) in [6.45, 7) is 4.15. The van der Waals surface area contributed by atoms with Crippen LogP contribution in [-0.2, 0) is 10.0 Å². The molecule has 144 valence electrons. The maximum absolute atomic E-state index is 13.0. The first-order valence-corrected chi connectivity index (χ1v) is 10.4. The normalized spacial score (nSPS) is 18.3. The van der Waals surface area contributed by atoms with Crippen molar-refractivity contribution in [1.29, 1.82) is 0 Å². The molecule has 1 aliphatic rings. The number of piperidine rings is 1. The average Bonchev–Trinajstić information content (AvgIpc) is 2.64. The lowest BCUT2D eigenvalue weighted by Gasteiger charge is -2.32. The largest absolute Gasteiger partial charge is 0.322 e. The van der Waals surface area contributed by atoms with Crippen LogP contribution in [-0.4, -0.2) is 31.2 Å². The average molecular weight is 390 g/mol. The van der Waals surface area contributed by atoms with Crippen molar-refractivity contribution < 1.29 is 17.6 Å². The number of nitrogens with zero attached hydrogens (tertiary/aromatic N) is 1. The van der Waals surface area contributed by atoms with E-state index in [1.165, 1.54) is 34.6 Å². The number of sulfonamides is 1. The number of halogens is 1. The maximum atomic E-state index is 13.0. The Morgan fingerprint density at radius 2 is 1.85 bits per heavy atom. The van der Waals surface area contributed by atoms with Crippen molar-refractivity contribution in [2.24, 2.45) is 0 Å². The predicted molar refractivity (Wildman–Crippen MR) is 103 cm³/mol. The van der Waals surface area contributed by atoms with Crippen LogP contribution in [0.4, 0.5) is 10.1 Å². The lowest BCUT2D eigenvalue weighted by molar-refractivity contribution is 0.102. The Kier molecular flexibility index (Phi) is 5.62. The number of amides is 1. The molecule has 0 aromatic heterocycles. The molecule has 1 heterocycles. The number of nitrogens with one attached hydrogen (secondary N) is 1. The first-order valence-electron chi connectivity index (χ1n) is 8.98. The van der Waals surface area contributed by atoms with E-state index >= 15 is 0 Å². The summed E-state index contributed by atoms with van der Waals surface area (Å²) in [6.07, 6.45) is 2.70. The Balaban J connectivity index is 1.89. The van der Waals surface area contributed by atoms with Crippen molar-refractivity contribution in [2.75, 3.05) is 11.9 Å². The minimum Gasteiger partial charge on any atom is -0.322 e. The number of aryl methyl sites for hydroxylation is 1. The van der Waals surface area contributed by atoms with Crippen LogP contribution in [0.2, 0.25) is 0 Å². The topological polar surface area (TPSA) is 66.5 Å². The Morgan fingerprint density at radius 1 is 1.15 bits per heavy atom. The van der Waals surface area contributed by atoms with E-state index < -0.39 is 21.7 Å². The molecule has 0 radical (unpaired) electrons. The fourth-order valence-corrected chi connectivity index (χ4v) is 5.03. The zero-order chi connectivity index (χ0) is 19.6. The van der Waals surface area contributed by atoms with Gasteiger partial charge >= 0.3 is 0 Å². The third kappa shape index (κ3) is 4.20. The van der Waals surface area contributed by atoms with Crippen molar-refractivity contribution in [2.45, 2.75) is 44.0 Å². The molecule has 1 atom stereocenters. The monoisotopic (exact) mass is 390 g/mol. The SMILES string of the molecule is Cc1ccc(S(=O)(=O)N2CCCCC2C)cc1C(=O)Nc1ccc(F)cc1. The molecule has 1 saturated heterocycles. The standard InChI is InChI=1S/C20H23FN2O3S/c1-14-6-11-18(27(25,26)23-12-4-3-5-15(23)2)13-19(14)20(24)22-17-9-7-16(21)8-10-17/h6-11,13,15H,3-5,12H2,1-2H3,(H,22,24). The summed E-state index contributed by atoms with van der Waals surface area (Å²) >= 11 is 0. The van der Waals surface area contributed by atoms with Crippen molar-refractivity contribution >= 4 is 21.6 Å². The van der Waals surface area contributed by atoms with Crippen molar-refractivity contribution in [1.82, 2.24) is 4.31 Å². The highest BCUT2D eigenvalue weighted by atomic mass is 32.2. The number of rotatable bonds is 4. The highest BCUT2D eigenvalue weighted by molar-refractivity contribution is 7.89. The van der Waals surface area contributed by atoms with Crippen LogP contribution in [0.15, 0.2) is 47.4 Å². The van der Waals surface area contributed by atoms with Gasteiger partial charge in [-0.05, 0) is 68.7 Å². The zero-order valence-electron chi connectivity index (χ0n) is 15.4. The Morgan fingerprint density at radius 3 is 2.52 bits per heavy atom. The van der Waals surface area contributed by atoms with E-state index in [4.69, 9.17) is 0 Å². The maximum Gasteiger partial charge on any atom is 0.255 e. The van der Waals surface area contributed by atoms with Gasteiger partial charge in [0.2, 0.25) is 10.0 Å². The molecule has 1 fully saturated rings. The first kappa shape index (κ1) is 19.5. The van der Waals surface area contributed by atoms with E-state index in [9.17, 15) is 17.6 Å². The molecule has 0 spiro atoms. The second kappa shape index (κ2) is 7.78. The molecule has 7 heteroatoms. The molecule has 1 aliphatic heterocycles. The zero-order valence-corrected chi connectivity index (χ0v) is 16.2. The predicted octanol–water partition coefficient (Wildman–Crippen LogP) is 3.95. The van der Waals surface area contributed by atoms with E-state index in [1.54, 1.807) is 19.1 Å². The van der Waals surface area contributed by atoms with E-state index in [0.29, 0.717) is 17.8 Å². The summed E-state index contributed by atoms with van der Waals surface area (Å²) in [5.74, 6) is -0.823. The van der Waals surface area contributed by atoms with Crippen LogP contribution in [0.3, 0.4) is 0 Å². The molecular weight excluding hydrogens is 367 g/mol. The van der Waals surface area contributed by atoms with Gasteiger partial charge in [0.25, 0.3) is 5.91 Å². The van der Waals surface area contributed by atoms with Crippen LogP contribution in [0.1, 0.15) is 42.1 Å². The Bertz CT molecular complexity index is 942. The minimum absolute atomic E-state index is 0.0541. The summed E-state index contributed by atoms with van der Waals surface area (Å²) in [5, 5.41) is 2.68. The van der Waals surface area contributed by atoms with E-state index in [2.05, 4.69) is 5.32 Å². The van der Waals surface area contributed by atoms with Crippen molar-refractivity contribution in [3.8, 4) is 0 Å². The molecule has 1 amide bonds. The number of hydrogen-bond donors (Lipinski definition) is 1. The molecule has 1 unspecified atom stereocenters. The van der Waals surface area contributed by atoms with Gasteiger partial charge in [-0.1, -0.05) is 12.5 Å². The minimum atomic E-state index is -3.66. The summed E-state index contributed by atoms with van der Waals surface area (Å²) in [6, 6.07) is 9.97. The number of anilines is 1. The summed E-state index contributed by atoms with van der Waals surface area (Å²) in [7, 11) is -3.66. The molecule has 2 aromatic carbocycles. The van der Waals surface area contributed by atoms with E-state index in [1.807, 2.05) is 6.92 Å². The van der Waals surface area contributed by atoms with Gasteiger partial charge in [0.15, 0.2) is 0 Å². The van der Waals surface area contributed by atoms with Gasteiger partial charge in [-0.15, -0.1) is 0 Å². The molecule has 0 bridgehead atoms. The molecule has 5 nitrogen and oxygen atoms in total. The van der Waals surface area contributed by atoms with Gasteiger partial charge in [-0.3, -0.25) is 4.79 Å². The van der Waals surface area contributed by atoms with Gasteiger partial charge in [-0.25, -0.2) is 12.8 Å². The lowest BCUT2D eigenvalue weighted by atomic mass is 10.1. The highest BCUT2D eigenvalue weighted by Gasteiger charge is 2.31. The third-order valence-electron chi connectivity index (χ3n) is 4.90. The van der Waals surface area contributed by atoms with Crippen LogP contribution in [0.25, 0.3) is 0 Å². The molecular formula is C20H23FN2O3S. The van der Waals surface area contributed by atoms with Gasteiger partial charge in [0, 0.05) is 23.8 Å². The van der Waals surface area contributed by atoms with Gasteiger partial charge < -0.3 is 5.32 Å². The number of benzene rings is 2. The van der Waals surface area contributed by atoms with Crippen LogP contribution < -0.4 is 5.32 Å². The Hall–Kier alpha value is -2.25. The molecule has 0 saturated carbocycles. The number of carbonyl (C=O) groups is 1. The van der Waals surface area contributed by atoms with Gasteiger partial charge in [0.1, 0.15) is 5.82 Å². The fraction of sp³-hybridized carbons (Fsp3) is 0.350. The van der Waals surface area contributed by atoms with Gasteiger partial charge in [-0.2, -0.15) is 4.31 Å². The Labute approximate surface area is 159 Å². The molecule has 1 N–H and O–H groups in total. The molecule has 27 heavy (non-hydrogen) atoms. The third-order valence-corrected chi connectivity index (χ3v) is 6.91. The fourth-order valence-electron chi connectivity index (χ4n) is 3.30. The smallest absolute Gasteiger partial charge is 0.255 e. The molecule has 0 aliphatic carbocycles. The second-order valence-electron chi connectivity index (χ2n) is 6.90. The van der Waals surface area contributed by atoms with E-state index in [-0.39, 0.29) is 16.5 Å². The van der Waals surface area contributed by atoms with Crippen LogP contribution in [0.5, 0.6) is 0 Å². The van der Waals surface area contributed by atoms with Crippen molar-refractivity contribution in [3.05, 3.63) is 59.4 Å².